The van der Waals surface area contributed by atoms with Gasteiger partial charge in [0.1, 0.15) is 13.2 Å². The Bertz CT molecular complexity index is 516. The fraction of sp³-hybridized carbons (Fsp3) is 0.625. The van der Waals surface area contributed by atoms with Gasteiger partial charge in [-0.1, -0.05) is 11.6 Å². The summed E-state index contributed by atoms with van der Waals surface area (Å²) in [6.45, 7) is 8.55. The van der Waals surface area contributed by atoms with Gasteiger partial charge in [0.25, 0.3) is 0 Å². The van der Waals surface area contributed by atoms with E-state index in [4.69, 9.17) is 21.1 Å². The second kappa shape index (κ2) is 7.04. The van der Waals surface area contributed by atoms with Crippen molar-refractivity contribution in [3.63, 3.8) is 0 Å². The molecule has 1 fully saturated rings. The molecule has 2 aliphatic rings. The predicted molar refractivity (Wildman–Crippen MR) is 85.8 cm³/mol. The third-order valence-electron chi connectivity index (χ3n) is 4.05. The van der Waals surface area contributed by atoms with Crippen LogP contribution in [0.15, 0.2) is 12.1 Å². The summed E-state index contributed by atoms with van der Waals surface area (Å²) in [4.78, 5) is 4.71. The molecule has 0 radical (unpaired) electrons. The first-order valence-electron chi connectivity index (χ1n) is 7.82. The number of hydrogen-bond donors (Lipinski definition) is 1. The highest BCUT2D eigenvalue weighted by molar-refractivity contribution is 6.32. The minimum atomic E-state index is -0.261. The summed E-state index contributed by atoms with van der Waals surface area (Å²) in [5.74, 6) is 1.42. The lowest BCUT2D eigenvalue weighted by Crippen LogP contribution is -2.47. The van der Waals surface area contributed by atoms with E-state index in [1.54, 1.807) is 0 Å². The number of ether oxygens (including phenoxy) is 2. The Kier molecular flexibility index (Phi) is 5.08. The number of rotatable bonds is 4. The average Bonchev–Trinajstić information content (AvgIpc) is 2.49. The Balaban J connectivity index is 1.59. The van der Waals surface area contributed by atoms with Crippen LogP contribution in [0, 0.1) is 0 Å². The van der Waals surface area contributed by atoms with Crippen molar-refractivity contribution in [2.45, 2.75) is 19.6 Å². The minimum absolute atomic E-state index is 0.261. The van der Waals surface area contributed by atoms with E-state index in [2.05, 4.69) is 9.80 Å². The van der Waals surface area contributed by atoms with E-state index in [0.29, 0.717) is 24.0 Å². The number of nitrogens with zero attached hydrogens (tertiary/aromatic N) is 2. The van der Waals surface area contributed by atoms with Gasteiger partial charge >= 0.3 is 0 Å². The van der Waals surface area contributed by atoms with Crippen LogP contribution >= 0.6 is 11.6 Å². The van der Waals surface area contributed by atoms with E-state index in [-0.39, 0.29) is 6.10 Å². The second-order valence-electron chi connectivity index (χ2n) is 6.03. The zero-order valence-electron chi connectivity index (χ0n) is 12.9. The molecule has 5 nitrogen and oxygen atoms in total. The van der Waals surface area contributed by atoms with E-state index in [9.17, 15) is 5.11 Å². The molecule has 2 aliphatic heterocycles. The van der Waals surface area contributed by atoms with Crippen LogP contribution < -0.4 is 9.47 Å². The fourth-order valence-corrected chi connectivity index (χ4v) is 3.31. The second-order valence-corrected chi connectivity index (χ2v) is 6.43. The van der Waals surface area contributed by atoms with Crippen LogP contribution in [0.3, 0.4) is 0 Å². The highest BCUT2D eigenvalue weighted by Crippen LogP contribution is 2.38. The van der Waals surface area contributed by atoms with Crippen molar-refractivity contribution >= 4 is 11.6 Å². The fourth-order valence-electron chi connectivity index (χ4n) is 3.02. The lowest BCUT2D eigenvalue weighted by molar-refractivity contribution is 0.0780. The van der Waals surface area contributed by atoms with Crippen molar-refractivity contribution in [2.75, 3.05) is 45.9 Å². The molecule has 3 rings (SSSR count). The van der Waals surface area contributed by atoms with Crippen molar-refractivity contribution < 1.29 is 14.6 Å². The molecule has 0 aromatic heterocycles. The van der Waals surface area contributed by atoms with Gasteiger partial charge in [-0.2, -0.15) is 0 Å². The quantitative estimate of drug-likeness (QED) is 0.911. The molecule has 1 saturated heterocycles. The molecule has 0 aliphatic carbocycles. The molecule has 2 heterocycles. The van der Waals surface area contributed by atoms with Gasteiger partial charge in [0.15, 0.2) is 11.5 Å². The summed E-state index contributed by atoms with van der Waals surface area (Å²) in [6, 6.07) is 4.00. The number of aliphatic hydroxyl groups excluding tert-OH is 1. The van der Waals surface area contributed by atoms with Gasteiger partial charge in [-0.05, 0) is 24.6 Å². The van der Waals surface area contributed by atoms with Crippen LogP contribution in [-0.4, -0.2) is 66.9 Å². The number of benzene rings is 1. The standard InChI is InChI=1S/C16H23ClN2O3/c1-12(20)10-18-2-4-19(5-3-18)11-13-8-14(17)16-15(9-13)21-6-7-22-16/h8-9,12,20H,2-7,10-11H2,1H3/t12-/m1/s1. The van der Waals surface area contributed by atoms with Crippen LogP contribution in [0.5, 0.6) is 11.5 Å². The maximum Gasteiger partial charge on any atom is 0.179 e. The first-order valence-corrected chi connectivity index (χ1v) is 8.20. The molecule has 1 aromatic carbocycles. The topological polar surface area (TPSA) is 45.2 Å². The molecule has 22 heavy (non-hydrogen) atoms. The predicted octanol–water partition coefficient (Wildman–Crippen LogP) is 1.61. The zero-order valence-corrected chi connectivity index (χ0v) is 13.7. The van der Waals surface area contributed by atoms with Gasteiger partial charge in [-0.15, -0.1) is 0 Å². The molecule has 122 valence electrons. The number of fused-ring (bicyclic) bond motifs is 1. The summed E-state index contributed by atoms with van der Waals surface area (Å²) in [7, 11) is 0. The van der Waals surface area contributed by atoms with Gasteiger partial charge in [0, 0.05) is 39.3 Å². The smallest absolute Gasteiger partial charge is 0.179 e. The number of β-amino-alcohol motifs (C(OH)–C–C–N with tert-alkyl or cyclic N) is 1. The Morgan fingerprint density at radius 3 is 2.55 bits per heavy atom. The molecule has 0 unspecified atom stereocenters. The molecule has 1 atom stereocenters. The highest BCUT2D eigenvalue weighted by atomic mass is 35.5. The lowest BCUT2D eigenvalue weighted by atomic mass is 10.1. The van der Waals surface area contributed by atoms with E-state index < -0.39 is 0 Å². The maximum atomic E-state index is 9.45. The van der Waals surface area contributed by atoms with Crippen molar-refractivity contribution in [3.05, 3.63) is 22.7 Å². The van der Waals surface area contributed by atoms with Crippen molar-refractivity contribution in [3.8, 4) is 11.5 Å². The highest BCUT2D eigenvalue weighted by Gasteiger charge is 2.20. The van der Waals surface area contributed by atoms with Crippen LogP contribution in [-0.2, 0) is 6.54 Å². The summed E-state index contributed by atoms with van der Waals surface area (Å²) in [5.41, 5.74) is 1.15. The maximum absolute atomic E-state index is 9.45. The number of halogens is 1. The van der Waals surface area contributed by atoms with Crippen molar-refractivity contribution in [2.24, 2.45) is 0 Å². The van der Waals surface area contributed by atoms with Crippen LogP contribution in [0.4, 0.5) is 0 Å². The number of piperazine rings is 1. The van der Waals surface area contributed by atoms with Gasteiger partial charge in [0.05, 0.1) is 11.1 Å². The Labute approximate surface area is 136 Å². The van der Waals surface area contributed by atoms with Crippen LogP contribution in [0.1, 0.15) is 12.5 Å². The van der Waals surface area contributed by atoms with Crippen LogP contribution in [0.2, 0.25) is 5.02 Å². The summed E-state index contributed by atoms with van der Waals surface area (Å²) >= 11 is 6.29. The normalized spacial score (nSPS) is 20.9. The Morgan fingerprint density at radius 1 is 1.14 bits per heavy atom. The van der Waals surface area contributed by atoms with Gasteiger partial charge in [0.2, 0.25) is 0 Å². The van der Waals surface area contributed by atoms with E-state index in [0.717, 1.165) is 50.6 Å². The third-order valence-corrected chi connectivity index (χ3v) is 4.33. The molecular weight excluding hydrogens is 304 g/mol. The van der Waals surface area contributed by atoms with E-state index >= 15 is 0 Å². The molecule has 0 bridgehead atoms. The molecule has 0 spiro atoms. The molecule has 1 aromatic rings. The van der Waals surface area contributed by atoms with E-state index in [1.165, 1.54) is 0 Å². The third kappa shape index (κ3) is 3.84. The average molecular weight is 327 g/mol. The van der Waals surface area contributed by atoms with Gasteiger partial charge in [-0.25, -0.2) is 0 Å². The largest absolute Gasteiger partial charge is 0.486 e. The molecule has 0 saturated carbocycles. The first kappa shape index (κ1) is 15.9. The Hall–Kier alpha value is -1.01. The summed E-state index contributed by atoms with van der Waals surface area (Å²) < 4.78 is 11.2. The van der Waals surface area contributed by atoms with Crippen molar-refractivity contribution in [1.82, 2.24) is 9.80 Å². The van der Waals surface area contributed by atoms with Gasteiger partial charge in [-0.3, -0.25) is 9.80 Å². The minimum Gasteiger partial charge on any atom is -0.486 e. The van der Waals surface area contributed by atoms with Gasteiger partial charge < -0.3 is 14.6 Å². The monoisotopic (exact) mass is 326 g/mol. The molecule has 6 heteroatoms. The zero-order chi connectivity index (χ0) is 15.5. The SMILES string of the molecule is C[C@@H](O)CN1CCN(Cc2cc(Cl)c3c(c2)OCCO3)CC1. The van der Waals surface area contributed by atoms with Crippen LogP contribution in [0.25, 0.3) is 0 Å². The molecular formula is C16H23ClN2O3. The molecule has 0 amide bonds. The Morgan fingerprint density at radius 2 is 1.82 bits per heavy atom. The number of aliphatic hydroxyl groups is 1. The number of hydrogen-bond acceptors (Lipinski definition) is 5. The summed E-state index contributed by atoms with van der Waals surface area (Å²) in [5, 5.41) is 10.1. The van der Waals surface area contributed by atoms with E-state index in [1.807, 2.05) is 19.1 Å². The van der Waals surface area contributed by atoms with Crippen molar-refractivity contribution in [1.29, 1.82) is 0 Å². The summed E-state index contributed by atoms with van der Waals surface area (Å²) in [6.07, 6.45) is -0.261. The molecule has 1 N–H and O–H groups in total. The first-order chi connectivity index (χ1) is 10.6. The lowest BCUT2D eigenvalue weighted by Gasteiger charge is -2.35.